The fraction of sp³-hybridized carbons (Fsp3) is 1.00. The van der Waals surface area contributed by atoms with Gasteiger partial charge in [0, 0.05) is 19.1 Å². The number of nitrogens with one attached hydrogen (secondary N) is 2. The summed E-state index contributed by atoms with van der Waals surface area (Å²) in [6.45, 7) is 10.9. The molecule has 82 valence electrons. The zero-order chi connectivity index (χ0) is 10.2. The van der Waals surface area contributed by atoms with Crippen LogP contribution in [-0.2, 0) is 0 Å². The van der Waals surface area contributed by atoms with E-state index in [2.05, 4.69) is 31.4 Å². The van der Waals surface area contributed by atoms with Gasteiger partial charge in [-0.1, -0.05) is 20.8 Å². The van der Waals surface area contributed by atoms with Crippen LogP contribution in [0, 0.1) is 17.3 Å². The summed E-state index contributed by atoms with van der Waals surface area (Å²) in [5.41, 5.74) is 0.539. The van der Waals surface area contributed by atoms with Gasteiger partial charge in [-0.3, -0.25) is 0 Å². The van der Waals surface area contributed by atoms with Crippen molar-refractivity contribution in [1.82, 2.24) is 10.6 Å². The Labute approximate surface area is 87.8 Å². The molecule has 0 radical (unpaired) electrons. The van der Waals surface area contributed by atoms with Crippen LogP contribution in [-0.4, -0.2) is 25.7 Å². The monoisotopic (exact) mass is 196 g/mol. The van der Waals surface area contributed by atoms with Gasteiger partial charge in [0.2, 0.25) is 0 Å². The van der Waals surface area contributed by atoms with Gasteiger partial charge in [-0.15, -0.1) is 0 Å². The van der Waals surface area contributed by atoms with E-state index in [-0.39, 0.29) is 0 Å². The first-order valence-corrected chi connectivity index (χ1v) is 6.08. The van der Waals surface area contributed by atoms with Gasteiger partial charge in [0.25, 0.3) is 0 Å². The van der Waals surface area contributed by atoms with Crippen molar-refractivity contribution in [2.24, 2.45) is 17.3 Å². The van der Waals surface area contributed by atoms with E-state index in [0.29, 0.717) is 5.41 Å². The van der Waals surface area contributed by atoms with Crippen LogP contribution in [0.15, 0.2) is 0 Å². The van der Waals surface area contributed by atoms with Gasteiger partial charge in [-0.05, 0) is 36.6 Å². The molecule has 14 heavy (non-hydrogen) atoms. The number of hydrogen-bond acceptors (Lipinski definition) is 2. The van der Waals surface area contributed by atoms with Crippen LogP contribution in [0.25, 0.3) is 0 Å². The molecule has 2 rings (SSSR count). The predicted molar refractivity (Wildman–Crippen MR) is 60.3 cm³/mol. The molecule has 0 aromatic carbocycles. The molecule has 0 bridgehead atoms. The third kappa shape index (κ3) is 1.59. The Bertz CT molecular complexity index is 202. The molecule has 0 aliphatic carbocycles. The summed E-state index contributed by atoms with van der Waals surface area (Å²) in [5.74, 6) is 1.64. The number of fused-ring (bicyclic) bond motifs is 1. The molecule has 2 heteroatoms. The van der Waals surface area contributed by atoms with Crippen molar-refractivity contribution in [1.29, 1.82) is 0 Å². The third-order valence-corrected chi connectivity index (χ3v) is 4.68. The molecule has 0 aromatic heterocycles. The zero-order valence-electron chi connectivity index (χ0n) is 9.77. The van der Waals surface area contributed by atoms with E-state index in [0.717, 1.165) is 17.9 Å². The Morgan fingerprint density at radius 3 is 2.79 bits per heavy atom. The zero-order valence-corrected chi connectivity index (χ0v) is 9.77. The fourth-order valence-corrected chi connectivity index (χ4v) is 3.25. The Hall–Kier alpha value is -0.0800. The lowest BCUT2D eigenvalue weighted by Crippen LogP contribution is -2.43. The van der Waals surface area contributed by atoms with Gasteiger partial charge in [-0.25, -0.2) is 0 Å². The van der Waals surface area contributed by atoms with E-state index in [1.165, 1.54) is 32.5 Å². The van der Waals surface area contributed by atoms with E-state index in [1.807, 2.05) is 0 Å². The minimum Gasteiger partial charge on any atom is -0.315 e. The Balaban J connectivity index is 2.20. The molecule has 2 aliphatic heterocycles. The average Bonchev–Trinajstić information content (AvgIpc) is 2.54. The predicted octanol–water partition coefficient (Wildman–Crippen LogP) is 1.62. The Morgan fingerprint density at radius 2 is 2.07 bits per heavy atom. The highest BCUT2D eigenvalue weighted by atomic mass is 15.1. The first kappa shape index (κ1) is 10.4. The molecule has 2 saturated heterocycles. The van der Waals surface area contributed by atoms with E-state index in [4.69, 9.17) is 0 Å². The highest BCUT2D eigenvalue weighted by Crippen LogP contribution is 2.43. The fourth-order valence-electron chi connectivity index (χ4n) is 3.25. The molecule has 3 unspecified atom stereocenters. The average molecular weight is 196 g/mol. The van der Waals surface area contributed by atoms with Gasteiger partial charge in [0.15, 0.2) is 0 Å². The van der Waals surface area contributed by atoms with E-state index in [9.17, 15) is 0 Å². The Kier molecular flexibility index (Phi) is 2.85. The maximum Gasteiger partial charge on any atom is 0.0238 e. The third-order valence-electron chi connectivity index (χ3n) is 4.68. The summed E-state index contributed by atoms with van der Waals surface area (Å²) in [4.78, 5) is 0. The normalized spacial score (nSPS) is 43.7. The summed E-state index contributed by atoms with van der Waals surface area (Å²) >= 11 is 0. The highest BCUT2D eigenvalue weighted by molar-refractivity contribution is 4.99. The molecule has 2 heterocycles. The molecule has 0 spiro atoms. The topological polar surface area (TPSA) is 24.1 Å². The summed E-state index contributed by atoms with van der Waals surface area (Å²) in [6, 6.07) is 0.727. The molecule has 2 N–H and O–H groups in total. The second-order valence-electron chi connectivity index (χ2n) is 5.59. The van der Waals surface area contributed by atoms with Gasteiger partial charge in [0.1, 0.15) is 0 Å². The molecule has 0 saturated carbocycles. The maximum atomic E-state index is 3.69. The van der Waals surface area contributed by atoms with Crippen LogP contribution in [0.3, 0.4) is 0 Å². The molecule has 0 aromatic rings. The van der Waals surface area contributed by atoms with Crippen LogP contribution < -0.4 is 10.6 Å². The van der Waals surface area contributed by atoms with E-state index < -0.39 is 0 Å². The second-order valence-corrected chi connectivity index (χ2v) is 5.59. The molecule has 2 fully saturated rings. The van der Waals surface area contributed by atoms with Gasteiger partial charge in [-0.2, -0.15) is 0 Å². The second kappa shape index (κ2) is 3.82. The SMILES string of the molecule is CC(C)C1(C)CCCNC2CNCC21. The van der Waals surface area contributed by atoms with E-state index >= 15 is 0 Å². The minimum atomic E-state index is 0.539. The first-order valence-electron chi connectivity index (χ1n) is 6.08. The summed E-state index contributed by atoms with van der Waals surface area (Å²) in [6.07, 6.45) is 2.74. The summed E-state index contributed by atoms with van der Waals surface area (Å²) < 4.78 is 0. The van der Waals surface area contributed by atoms with Crippen molar-refractivity contribution in [2.75, 3.05) is 19.6 Å². The number of rotatable bonds is 1. The van der Waals surface area contributed by atoms with Crippen molar-refractivity contribution in [3.63, 3.8) is 0 Å². The lowest BCUT2D eigenvalue weighted by atomic mass is 9.65. The molecule has 2 nitrogen and oxygen atoms in total. The minimum absolute atomic E-state index is 0.539. The van der Waals surface area contributed by atoms with Crippen molar-refractivity contribution in [3.05, 3.63) is 0 Å². The first-order chi connectivity index (χ1) is 6.64. The molecule has 2 aliphatic rings. The standard InChI is InChI=1S/C12H24N2/c1-9(2)12(3)5-4-6-14-11-8-13-7-10(11)12/h9-11,13-14H,4-8H2,1-3H3. The van der Waals surface area contributed by atoms with Crippen molar-refractivity contribution >= 4 is 0 Å². The highest BCUT2D eigenvalue weighted by Gasteiger charge is 2.44. The van der Waals surface area contributed by atoms with Crippen LogP contribution in [0.5, 0.6) is 0 Å². The molecular weight excluding hydrogens is 172 g/mol. The summed E-state index contributed by atoms with van der Waals surface area (Å²) in [5, 5.41) is 7.23. The van der Waals surface area contributed by atoms with Crippen molar-refractivity contribution in [2.45, 2.75) is 39.7 Å². The van der Waals surface area contributed by atoms with Gasteiger partial charge < -0.3 is 10.6 Å². The maximum absolute atomic E-state index is 3.69. The van der Waals surface area contributed by atoms with Crippen molar-refractivity contribution in [3.8, 4) is 0 Å². The van der Waals surface area contributed by atoms with Crippen molar-refractivity contribution < 1.29 is 0 Å². The quantitative estimate of drug-likeness (QED) is 0.666. The number of hydrogen-bond donors (Lipinski definition) is 2. The van der Waals surface area contributed by atoms with E-state index in [1.54, 1.807) is 0 Å². The molecule has 0 amide bonds. The molecule has 3 atom stereocenters. The van der Waals surface area contributed by atoms with Crippen LogP contribution >= 0.6 is 0 Å². The van der Waals surface area contributed by atoms with Crippen LogP contribution in [0.4, 0.5) is 0 Å². The molecular formula is C12H24N2. The van der Waals surface area contributed by atoms with Gasteiger partial charge >= 0.3 is 0 Å². The van der Waals surface area contributed by atoms with Crippen LogP contribution in [0.1, 0.15) is 33.6 Å². The lowest BCUT2D eigenvalue weighted by Gasteiger charge is -2.40. The smallest absolute Gasteiger partial charge is 0.0238 e. The largest absolute Gasteiger partial charge is 0.315 e. The summed E-state index contributed by atoms with van der Waals surface area (Å²) in [7, 11) is 0. The van der Waals surface area contributed by atoms with Gasteiger partial charge in [0.05, 0.1) is 0 Å². The Morgan fingerprint density at radius 1 is 1.29 bits per heavy atom. The van der Waals surface area contributed by atoms with Crippen LogP contribution in [0.2, 0.25) is 0 Å². The lowest BCUT2D eigenvalue weighted by molar-refractivity contribution is 0.107.